The molecule has 0 spiro atoms. The quantitative estimate of drug-likeness (QED) is 0.616. The lowest BCUT2D eigenvalue weighted by Gasteiger charge is -2.07. The monoisotopic (exact) mass is 417 g/mol. The van der Waals surface area contributed by atoms with Gasteiger partial charge in [-0.05, 0) is 48.9 Å². The molecule has 0 saturated carbocycles. The lowest BCUT2D eigenvalue weighted by molar-refractivity contribution is 0.0600. The van der Waals surface area contributed by atoms with Crippen molar-refractivity contribution in [3.05, 3.63) is 81.0 Å². The molecule has 1 heterocycles. The summed E-state index contributed by atoms with van der Waals surface area (Å²) in [5.74, 6) is -0.364. The number of aryl methyl sites for hydroxylation is 1. The van der Waals surface area contributed by atoms with E-state index in [0.29, 0.717) is 33.5 Å². The van der Waals surface area contributed by atoms with E-state index in [1.807, 2.05) is 13.0 Å². The van der Waals surface area contributed by atoms with E-state index in [9.17, 15) is 9.59 Å². The number of rotatable bonds is 5. The van der Waals surface area contributed by atoms with Crippen LogP contribution >= 0.6 is 23.2 Å². The zero-order valence-electron chi connectivity index (χ0n) is 15.2. The summed E-state index contributed by atoms with van der Waals surface area (Å²) >= 11 is 12.1. The Balaban J connectivity index is 1.72. The Morgan fingerprint density at radius 1 is 1.07 bits per heavy atom. The number of carbonyl (C=O) groups is 2. The van der Waals surface area contributed by atoms with Crippen LogP contribution in [0.5, 0.6) is 0 Å². The van der Waals surface area contributed by atoms with Crippen LogP contribution in [-0.4, -0.2) is 28.8 Å². The van der Waals surface area contributed by atoms with Crippen molar-refractivity contribution in [2.24, 2.45) is 0 Å². The minimum absolute atomic E-state index is 0.328. The maximum atomic E-state index is 12.4. The van der Waals surface area contributed by atoms with Crippen molar-refractivity contribution in [3.63, 3.8) is 0 Å². The predicted octanol–water partition coefficient (Wildman–Crippen LogP) is 4.59. The molecule has 1 amide bonds. The van der Waals surface area contributed by atoms with Crippen LogP contribution in [0.15, 0.2) is 48.5 Å². The van der Waals surface area contributed by atoms with E-state index < -0.39 is 5.97 Å². The van der Waals surface area contributed by atoms with Gasteiger partial charge in [-0.1, -0.05) is 29.3 Å². The first-order valence-electron chi connectivity index (χ1n) is 8.35. The number of aromatic nitrogens is 2. The van der Waals surface area contributed by atoms with Crippen LogP contribution in [-0.2, 0) is 11.3 Å². The lowest BCUT2D eigenvalue weighted by atomic mass is 10.1. The van der Waals surface area contributed by atoms with Crippen molar-refractivity contribution in [2.45, 2.75) is 13.5 Å². The largest absolute Gasteiger partial charge is 0.465 e. The summed E-state index contributed by atoms with van der Waals surface area (Å²) in [6.07, 6.45) is 0. The molecule has 2 aromatic carbocycles. The number of carbonyl (C=O) groups excluding carboxylic acids is 2. The van der Waals surface area contributed by atoms with Gasteiger partial charge in [-0.25, -0.2) is 4.79 Å². The molecule has 0 bridgehead atoms. The molecule has 0 saturated heterocycles. The fraction of sp³-hybridized carbons (Fsp3) is 0.150. The number of ether oxygens (including phenoxy) is 1. The van der Waals surface area contributed by atoms with Gasteiger partial charge in [0.15, 0.2) is 5.82 Å². The summed E-state index contributed by atoms with van der Waals surface area (Å²) in [6.45, 7) is 2.34. The van der Waals surface area contributed by atoms with Gasteiger partial charge in [-0.2, -0.15) is 5.10 Å². The fourth-order valence-electron chi connectivity index (χ4n) is 2.61. The van der Waals surface area contributed by atoms with Crippen molar-refractivity contribution in [1.82, 2.24) is 9.78 Å². The third-order valence-electron chi connectivity index (χ3n) is 4.13. The van der Waals surface area contributed by atoms with E-state index in [-0.39, 0.29) is 5.91 Å². The van der Waals surface area contributed by atoms with Gasteiger partial charge < -0.3 is 10.1 Å². The molecule has 3 rings (SSSR count). The Labute approximate surface area is 172 Å². The number of halogens is 2. The highest BCUT2D eigenvalue weighted by Crippen LogP contribution is 2.22. The molecule has 6 nitrogen and oxygen atoms in total. The average molecular weight is 418 g/mol. The van der Waals surface area contributed by atoms with E-state index in [1.165, 1.54) is 19.2 Å². The van der Waals surface area contributed by atoms with Gasteiger partial charge in [0.2, 0.25) is 0 Å². The summed E-state index contributed by atoms with van der Waals surface area (Å²) in [6, 6.07) is 13.2. The van der Waals surface area contributed by atoms with E-state index in [4.69, 9.17) is 23.2 Å². The molecular formula is C20H17Cl2N3O3. The number of nitrogens with one attached hydrogen (secondary N) is 1. The van der Waals surface area contributed by atoms with Crippen molar-refractivity contribution < 1.29 is 14.3 Å². The Hall–Kier alpha value is -2.83. The van der Waals surface area contributed by atoms with Crippen LogP contribution in [0.2, 0.25) is 10.0 Å². The Kier molecular flexibility index (Phi) is 6.02. The number of benzene rings is 2. The first-order valence-corrected chi connectivity index (χ1v) is 9.11. The Morgan fingerprint density at radius 2 is 1.75 bits per heavy atom. The van der Waals surface area contributed by atoms with E-state index >= 15 is 0 Å². The maximum Gasteiger partial charge on any atom is 0.337 e. The van der Waals surface area contributed by atoms with Gasteiger partial charge in [-0.3, -0.25) is 9.48 Å². The van der Waals surface area contributed by atoms with Crippen LogP contribution < -0.4 is 5.32 Å². The van der Waals surface area contributed by atoms with Crippen molar-refractivity contribution >= 4 is 40.9 Å². The number of hydrogen-bond acceptors (Lipinski definition) is 4. The van der Waals surface area contributed by atoms with Crippen molar-refractivity contribution in [2.75, 3.05) is 12.4 Å². The molecule has 28 heavy (non-hydrogen) atoms. The smallest absolute Gasteiger partial charge is 0.337 e. The highest BCUT2D eigenvalue weighted by Gasteiger charge is 2.13. The number of anilines is 1. The van der Waals surface area contributed by atoms with Crippen molar-refractivity contribution in [3.8, 4) is 0 Å². The maximum absolute atomic E-state index is 12.4. The molecule has 0 unspecified atom stereocenters. The topological polar surface area (TPSA) is 73.2 Å². The summed E-state index contributed by atoms with van der Waals surface area (Å²) in [4.78, 5) is 23.9. The summed E-state index contributed by atoms with van der Waals surface area (Å²) in [5.41, 5.74) is 2.51. The van der Waals surface area contributed by atoms with Gasteiger partial charge in [0.05, 0.1) is 19.2 Å². The van der Waals surface area contributed by atoms with Crippen molar-refractivity contribution in [1.29, 1.82) is 0 Å². The minimum Gasteiger partial charge on any atom is -0.465 e. The second-order valence-electron chi connectivity index (χ2n) is 6.09. The summed E-state index contributed by atoms with van der Waals surface area (Å²) in [5, 5.41) is 8.28. The highest BCUT2D eigenvalue weighted by atomic mass is 35.5. The Morgan fingerprint density at radius 3 is 2.39 bits per heavy atom. The number of hydrogen-bond donors (Lipinski definition) is 1. The van der Waals surface area contributed by atoms with Crippen LogP contribution in [0.3, 0.4) is 0 Å². The molecule has 8 heteroatoms. The van der Waals surface area contributed by atoms with E-state index in [1.54, 1.807) is 35.0 Å². The highest BCUT2D eigenvalue weighted by molar-refractivity contribution is 6.35. The second-order valence-corrected chi connectivity index (χ2v) is 6.93. The molecule has 0 fully saturated rings. The van der Waals surface area contributed by atoms with Gasteiger partial charge in [0.1, 0.15) is 0 Å². The molecular weight excluding hydrogens is 401 g/mol. The summed E-state index contributed by atoms with van der Waals surface area (Å²) < 4.78 is 6.38. The first-order chi connectivity index (χ1) is 13.4. The molecule has 0 atom stereocenters. The molecule has 3 aromatic rings. The summed E-state index contributed by atoms with van der Waals surface area (Å²) in [7, 11) is 1.30. The predicted molar refractivity (Wildman–Crippen MR) is 108 cm³/mol. The number of esters is 1. The number of methoxy groups -OCH3 is 1. The van der Waals surface area contributed by atoms with Gasteiger partial charge in [0.25, 0.3) is 5.91 Å². The number of nitrogens with zero attached hydrogens (tertiary/aromatic N) is 2. The Bertz CT molecular complexity index is 1030. The fourth-order valence-corrected chi connectivity index (χ4v) is 3.07. The van der Waals surface area contributed by atoms with E-state index in [2.05, 4.69) is 15.2 Å². The normalized spacial score (nSPS) is 10.6. The molecule has 0 aliphatic rings. The zero-order valence-corrected chi connectivity index (χ0v) is 16.7. The standard InChI is InChI=1S/C20H17Cl2N3O3/c1-12-9-18(24-25(12)11-15-7-8-16(21)10-17(15)22)23-19(26)13-3-5-14(6-4-13)20(27)28-2/h3-10H,11H2,1-2H3,(H,23,24,26). The van der Waals surface area contributed by atoms with Crippen LogP contribution in [0.25, 0.3) is 0 Å². The van der Waals surface area contributed by atoms with Crippen LogP contribution in [0.4, 0.5) is 5.82 Å². The van der Waals surface area contributed by atoms with Crippen LogP contribution in [0.1, 0.15) is 32.0 Å². The third kappa shape index (κ3) is 4.52. The molecule has 1 aromatic heterocycles. The minimum atomic E-state index is -0.456. The molecule has 0 aliphatic heterocycles. The zero-order chi connectivity index (χ0) is 20.3. The molecule has 0 radical (unpaired) electrons. The SMILES string of the molecule is COC(=O)c1ccc(C(=O)Nc2cc(C)n(Cc3ccc(Cl)cc3Cl)n2)cc1. The lowest BCUT2D eigenvalue weighted by Crippen LogP contribution is -2.13. The second kappa shape index (κ2) is 8.46. The molecule has 144 valence electrons. The van der Waals surface area contributed by atoms with Gasteiger partial charge in [-0.15, -0.1) is 0 Å². The first kappa shape index (κ1) is 19.9. The van der Waals surface area contributed by atoms with E-state index in [0.717, 1.165) is 11.3 Å². The van der Waals surface area contributed by atoms with Gasteiger partial charge >= 0.3 is 5.97 Å². The van der Waals surface area contributed by atoms with Crippen LogP contribution in [0, 0.1) is 6.92 Å². The average Bonchev–Trinajstić information content (AvgIpc) is 3.02. The third-order valence-corrected chi connectivity index (χ3v) is 4.71. The molecule has 0 aliphatic carbocycles. The number of amides is 1. The van der Waals surface area contributed by atoms with Gasteiger partial charge in [0, 0.05) is 27.4 Å². The molecule has 1 N–H and O–H groups in total.